The van der Waals surface area contributed by atoms with Crippen LogP contribution < -0.4 is 5.32 Å². The van der Waals surface area contributed by atoms with E-state index in [-0.39, 0.29) is 42.5 Å². The first-order valence-corrected chi connectivity index (χ1v) is 34.3. The van der Waals surface area contributed by atoms with Crippen molar-refractivity contribution in [1.29, 1.82) is 0 Å². The summed E-state index contributed by atoms with van der Waals surface area (Å²) in [5.41, 5.74) is -3.83. The highest BCUT2D eigenvalue weighted by atomic mass is 16.6. The molecule has 1 aliphatic heterocycles. The molecule has 2 aromatic rings. The molecule has 2 bridgehead atoms. The van der Waals surface area contributed by atoms with Gasteiger partial charge in [0.1, 0.15) is 41.3 Å². The van der Waals surface area contributed by atoms with Crippen molar-refractivity contribution in [2.24, 2.45) is 74.9 Å². The van der Waals surface area contributed by atoms with E-state index in [2.05, 4.69) is 46.0 Å². The van der Waals surface area contributed by atoms with Gasteiger partial charge in [-0.25, -0.2) is 19.2 Å². The summed E-state index contributed by atoms with van der Waals surface area (Å²) in [6, 6.07) is 15.5. The molecule has 7 aliphatic carbocycles. The van der Waals surface area contributed by atoms with Crippen molar-refractivity contribution >= 4 is 35.8 Å². The number of ketones is 1. The number of rotatable bonds is 18. The summed E-state index contributed by atoms with van der Waals surface area (Å²) in [7, 11) is 0. The zero-order valence-corrected chi connectivity index (χ0v) is 57.0. The number of allylic oxidation sites excluding steroid dienone is 1. The van der Waals surface area contributed by atoms with Crippen molar-refractivity contribution in [2.75, 3.05) is 13.2 Å². The fourth-order valence-electron chi connectivity index (χ4n) is 19.8. The number of benzene rings is 2. The lowest BCUT2D eigenvalue weighted by atomic mass is 9.42. The molecule has 0 radical (unpaired) electrons. The van der Waals surface area contributed by atoms with Gasteiger partial charge in [0.2, 0.25) is 6.10 Å². The number of ether oxygens (including phenoxy) is 7. The summed E-state index contributed by atoms with van der Waals surface area (Å²) in [5.74, 6) is -1.67. The minimum atomic E-state index is -2.17. The lowest BCUT2D eigenvalue weighted by molar-refractivity contribution is -0.339. The molecule has 91 heavy (non-hydrogen) atoms. The van der Waals surface area contributed by atoms with Crippen LogP contribution in [0.1, 0.15) is 209 Å². The van der Waals surface area contributed by atoms with Crippen LogP contribution in [0.4, 0.5) is 4.79 Å². The molecular weight excluding hydrogens is 1150 g/mol. The number of amides is 1. The number of fused-ring (bicyclic) bond motifs is 10. The van der Waals surface area contributed by atoms with Crippen LogP contribution in [0, 0.1) is 74.9 Å². The number of aliphatic hydroxyl groups is 1. The Labute approximate surface area is 541 Å². The largest absolute Gasteiger partial charge is 0.455 e. The van der Waals surface area contributed by atoms with E-state index in [4.69, 9.17) is 33.2 Å². The van der Waals surface area contributed by atoms with E-state index in [0.717, 1.165) is 49.4 Å². The Hall–Kier alpha value is -5.64. The Kier molecular flexibility index (Phi) is 19.4. The molecule has 1 amide bonds. The van der Waals surface area contributed by atoms with Crippen molar-refractivity contribution in [1.82, 2.24) is 5.32 Å². The third kappa shape index (κ3) is 12.6. The Morgan fingerprint density at radius 2 is 1.56 bits per heavy atom. The molecule has 1 heterocycles. The van der Waals surface area contributed by atoms with E-state index in [9.17, 15) is 24.3 Å². The molecule has 0 aromatic heterocycles. The average Bonchev–Trinajstić information content (AvgIpc) is 0.983. The van der Waals surface area contributed by atoms with Crippen LogP contribution in [0.25, 0.3) is 0 Å². The van der Waals surface area contributed by atoms with Gasteiger partial charge in [-0.1, -0.05) is 155 Å². The van der Waals surface area contributed by atoms with Crippen LogP contribution in [0.15, 0.2) is 95.6 Å². The summed E-state index contributed by atoms with van der Waals surface area (Å²) in [5, 5.41) is 17.0. The molecule has 2 N–H and O–H groups in total. The lowest BCUT2D eigenvalue weighted by Crippen LogP contribution is -2.80. The normalized spacial score (nSPS) is 36.6. The van der Waals surface area contributed by atoms with Gasteiger partial charge in [-0.2, -0.15) is 0 Å². The van der Waals surface area contributed by atoms with Gasteiger partial charge >= 0.3 is 30.0 Å². The summed E-state index contributed by atoms with van der Waals surface area (Å²) in [4.78, 5) is 87.6. The van der Waals surface area contributed by atoms with E-state index < -0.39 is 106 Å². The Morgan fingerprint density at radius 3 is 2.21 bits per heavy atom. The molecule has 5 saturated carbocycles. The Bertz CT molecular complexity index is 3140. The van der Waals surface area contributed by atoms with Gasteiger partial charge in [0.05, 0.1) is 30.8 Å². The first-order valence-electron chi connectivity index (χ1n) is 34.3. The predicted octanol–water partition coefficient (Wildman–Crippen LogP) is 14.3. The summed E-state index contributed by atoms with van der Waals surface area (Å²) < 4.78 is 44.3. The highest BCUT2D eigenvalue weighted by Crippen LogP contribution is 2.69. The number of alkyl carbamates (subject to hydrolysis) is 1. The lowest BCUT2D eigenvalue weighted by Gasteiger charge is -2.68. The van der Waals surface area contributed by atoms with Crippen molar-refractivity contribution in [3.63, 3.8) is 0 Å². The van der Waals surface area contributed by atoms with E-state index in [1.165, 1.54) is 63.5 Å². The van der Waals surface area contributed by atoms with Crippen molar-refractivity contribution in [3.05, 3.63) is 107 Å². The summed E-state index contributed by atoms with van der Waals surface area (Å²) >= 11 is 0. The minimum absolute atomic E-state index is 0.0396. The maximum absolute atomic E-state index is 15.9. The molecule has 4 unspecified atom stereocenters. The first kappa shape index (κ1) is 68.2. The molecule has 8 aliphatic rings. The quantitative estimate of drug-likeness (QED) is 0.0618. The molecule has 6 fully saturated rings. The topological polar surface area (TPSA) is 199 Å². The second-order valence-electron chi connectivity index (χ2n) is 31.6. The maximum atomic E-state index is 15.9. The standard InChI is InChI=1S/C76H105NO14/c1-44(2)24-22-25-45(3)55-33-34-56-54-32-31-52-41-53(35-37-72(52,13)57(54)36-38-73(55,56)14)85-39-23-30-60(79)88-63(62(50-26-18-16-19-27-50)77-69(83)91-70(8,9)10)68(82)87-58-42-76(84)66(89-67(81)51-28-20-17-21-29-51)64-74(15,65(80)48(6)61(47(58)5)71(76,11)12)46(4)40-59-75(64,43-86-59)90-49(7)78/h16-21,23,26-31,44-46,48,53-59,62-64,66,84H,22,24-25,32-43H2,1-15H3,(H,77,83)/b30-23+/t45-,46+,48-,53+,54?,55-,56?,57?,58+,59-,62+,63?,64+,66+,72+,73-,74-,75+,76-/m1/s1. The van der Waals surface area contributed by atoms with Gasteiger partial charge in [0.25, 0.3) is 0 Å². The Morgan fingerprint density at radius 1 is 0.868 bits per heavy atom. The van der Waals surface area contributed by atoms with Crippen molar-refractivity contribution in [3.8, 4) is 0 Å². The van der Waals surface area contributed by atoms with Crippen LogP contribution in [-0.2, 0) is 52.3 Å². The van der Waals surface area contributed by atoms with Gasteiger partial charge in [-0.3, -0.25) is 9.59 Å². The maximum Gasteiger partial charge on any atom is 0.408 e. The molecule has 15 heteroatoms. The molecule has 19 atom stereocenters. The van der Waals surface area contributed by atoms with Gasteiger partial charge in [-0.05, 0) is 167 Å². The average molecular weight is 1260 g/mol. The van der Waals surface area contributed by atoms with Gasteiger partial charge in [0, 0.05) is 36.2 Å². The van der Waals surface area contributed by atoms with E-state index in [0.29, 0.717) is 40.4 Å². The number of carbonyl (C=O) groups is 6. The fourth-order valence-corrected chi connectivity index (χ4v) is 19.8. The monoisotopic (exact) mass is 1260 g/mol. The van der Waals surface area contributed by atoms with Crippen LogP contribution in [0.3, 0.4) is 0 Å². The van der Waals surface area contributed by atoms with Crippen LogP contribution in [-0.4, -0.2) is 101 Å². The third-order valence-electron chi connectivity index (χ3n) is 24.5. The molecular formula is C76H105NO14. The van der Waals surface area contributed by atoms with Crippen molar-refractivity contribution < 1.29 is 67.0 Å². The zero-order valence-electron chi connectivity index (χ0n) is 57.0. The molecule has 0 spiro atoms. The zero-order chi connectivity index (χ0) is 66.0. The number of hydrogen-bond donors (Lipinski definition) is 2. The minimum Gasteiger partial charge on any atom is -0.455 e. The summed E-state index contributed by atoms with van der Waals surface area (Å²) in [6.07, 6.45) is 12.1. The van der Waals surface area contributed by atoms with Gasteiger partial charge < -0.3 is 43.6 Å². The smallest absolute Gasteiger partial charge is 0.408 e. The third-order valence-corrected chi connectivity index (χ3v) is 24.5. The van der Waals surface area contributed by atoms with Crippen molar-refractivity contribution in [2.45, 2.75) is 241 Å². The molecule has 15 nitrogen and oxygen atoms in total. The molecule has 1 saturated heterocycles. The SMILES string of the molecule is CC(=O)O[C@@]12CO[C@@H]1C[C@H](C)[C@@]1(C)C(=O)[C@H](C)C3=C(C)[C@@H](OC(=O)C(OC(=O)/C=C/CO[C@H]4CC[C@@]5(C)C(=CCC6C5CC[C@@]5(C)C6CC[C@@H]5[C@H](C)CCCC(C)C)C4)[C@@H](NC(=O)OC(C)(C)C)c4ccccc4)C[C@@](O)([C@@H](OC(=O)c4ccccc4)[C@H]21)C3(C)C. The molecule has 10 rings (SSSR count). The number of nitrogens with one attached hydrogen (secondary N) is 1. The first-order chi connectivity index (χ1) is 42.8. The number of esters is 4. The summed E-state index contributed by atoms with van der Waals surface area (Å²) in [6.45, 7) is 29.6. The van der Waals surface area contributed by atoms with E-state index in [1.807, 2.05) is 13.8 Å². The predicted molar refractivity (Wildman–Crippen MR) is 346 cm³/mol. The Balaban J connectivity index is 0.916. The van der Waals surface area contributed by atoms with E-state index in [1.54, 1.807) is 115 Å². The number of carbonyl (C=O) groups excluding carboxylic acids is 6. The second-order valence-corrected chi connectivity index (χ2v) is 31.6. The fraction of sp³-hybridized carbons (Fsp3) is 0.684. The highest BCUT2D eigenvalue weighted by molar-refractivity contribution is 5.92. The molecule has 498 valence electrons. The number of Topliss-reactive ketones (excluding diaryl/α,β-unsaturated/α-hetero) is 1. The van der Waals surface area contributed by atoms with Gasteiger partial charge in [0.15, 0.2) is 5.60 Å². The second kappa shape index (κ2) is 25.9. The molecule has 2 aromatic carbocycles. The van der Waals surface area contributed by atoms with Crippen LogP contribution >= 0.6 is 0 Å². The van der Waals surface area contributed by atoms with E-state index >= 15 is 9.59 Å². The highest BCUT2D eigenvalue weighted by Gasteiger charge is 2.77. The van der Waals surface area contributed by atoms with Crippen LogP contribution in [0.2, 0.25) is 0 Å². The number of hydrogen-bond acceptors (Lipinski definition) is 14. The van der Waals surface area contributed by atoms with Crippen LogP contribution in [0.5, 0.6) is 0 Å². The van der Waals surface area contributed by atoms with Gasteiger partial charge in [-0.15, -0.1) is 0 Å².